The molecule has 2 aliphatic carbocycles. The molecule has 0 saturated heterocycles. The zero-order valence-corrected chi connectivity index (χ0v) is 11.3. The molecule has 3 nitrogen and oxygen atoms in total. The van der Waals surface area contributed by atoms with Crippen LogP contribution in [0.3, 0.4) is 0 Å². The monoisotopic (exact) mass is 250 g/mol. The molecule has 2 rings (SSSR count). The number of ether oxygens (including phenoxy) is 1. The first-order valence-electron chi connectivity index (χ1n) is 6.86. The minimum atomic E-state index is -0.307. The van der Waals surface area contributed by atoms with Crippen LogP contribution >= 0.6 is 0 Å². The molecule has 4 unspecified atom stereocenters. The molecule has 0 aliphatic heterocycles. The highest BCUT2D eigenvalue weighted by Gasteiger charge is 2.41. The van der Waals surface area contributed by atoms with Crippen LogP contribution in [0.25, 0.3) is 0 Å². The number of ketones is 1. The molecule has 0 aromatic heterocycles. The summed E-state index contributed by atoms with van der Waals surface area (Å²) in [5.74, 6) is 1.55. The van der Waals surface area contributed by atoms with Crippen molar-refractivity contribution in [3.63, 3.8) is 0 Å². The molecule has 3 heteroatoms. The number of rotatable bonds is 4. The molecule has 0 radical (unpaired) electrons. The summed E-state index contributed by atoms with van der Waals surface area (Å²) in [6.07, 6.45) is 4.74. The number of carbonyl (C=O) groups is 2. The summed E-state index contributed by atoms with van der Waals surface area (Å²) < 4.78 is 5.32. The van der Waals surface area contributed by atoms with Crippen molar-refractivity contribution in [1.82, 2.24) is 0 Å². The van der Waals surface area contributed by atoms with E-state index in [1.807, 2.05) is 6.92 Å². The second kappa shape index (κ2) is 5.25. The summed E-state index contributed by atoms with van der Waals surface area (Å²) >= 11 is 0. The SMILES string of the molecule is C=C(C)C(=O)OC(C)CC1CCC2CC1CC2=O. The number of esters is 1. The van der Waals surface area contributed by atoms with E-state index in [9.17, 15) is 9.59 Å². The lowest BCUT2D eigenvalue weighted by molar-refractivity contribution is -0.144. The van der Waals surface area contributed by atoms with Crippen LogP contribution in [-0.4, -0.2) is 17.9 Å². The van der Waals surface area contributed by atoms with E-state index in [4.69, 9.17) is 4.74 Å². The smallest absolute Gasteiger partial charge is 0.333 e. The molecule has 2 bridgehead atoms. The summed E-state index contributed by atoms with van der Waals surface area (Å²) in [6.45, 7) is 7.18. The lowest BCUT2D eigenvalue weighted by atomic mass is 9.77. The van der Waals surface area contributed by atoms with Gasteiger partial charge in [0, 0.05) is 17.9 Å². The van der Waals surface area contributed by atoms with Crippen LogP contribution in [0.5, 0.6) is 0 Å². The van der Waals surface area contributed by atoms with E-state index < -0.39 is 0 Å². The molecule has 2 aliphatic rings. The zero-order chi connectivity index (χ0) is 13.3. The van der Waals surface area contributed by atoms with Gasteiger partial charge in [-0.15, -0.1) is 0 Å². The third-order valence-electron chi connectivity index (χ3n) is 4.35. The van der Waals surface area contributed by atoms with E-state index in [0.717, 1.165) is 32.1 Å². The molecule has 0 amide bonds. The maximum Gasteiger partial charge on any atom is 0.333 e. The van der Waals surface area contributed by atoms with Crippen LogP contribution in [0.1, 0.15) is 46.0 Å². The van der Waals surface area contributed by atoms with Crippen LogP contribution < -0.4 is 0 Å². The summed E-state index contributed by atoms with van der Waals surface area (Å²) in [5.41, 5.74) is 0.446. The van der Waals surface area contributed by atoms with Gasteiger partial charge in [-0.2, -0.15) is 0 Å². The third kappa shape index (κ3) is 2.82. The quantitative estimate of drug-likeness (QED) is 0.569. The van der Waals surface area contributed by atoms with Gasteiger partial charge in [-0.05, 0) is 51.4 Å². The predicted molar refractivity (Wildman–Crippen MR) is 68.9 cm³/mol. The van der Waals surface area contributed by atoms with Gasteiger partial charge in [0.1, 0.15) is 5.78 Å². The van der Waals surface area contributed by atoms with Gasteiger partial charge in [0.05, 0.1) is 6.10 Å². The fourth-order valence-electron chi connectivity index (χ4n) is 3.36. The average molecular weight is 250 g/mol. The Morgan fingerprint density at radius 2 is 2.22 bits per heavy atom. The fourth-order valence-corrected chi connectivity index (χ4v) is 3.36. The zero-order valence-electron chi connectivity index (χ0n) is 11.3. The summed E-state index contributed by atoms with van der Waals surface area (Å²) in [5, 5.41) is 0. The summed E-state index contributed by atoms with van der Waals surface area (Å²) in [7, 11) is 0. The highest BCUT2D eigenvalue weighted by Crippen LogP contribution is 2.45. The van der Waals surface area contributed by atoms with Crippen LogP contribution in [0.4, 0.5) is 0 Å². The minimum absolute atomic E-state index is 0.0774. The normalized spacial score (nSPS) is 32.1. The van der Waals surface area contributed by atoms with Crippen molar-refractivity contribution in [3.05, 3.63) is 12.2 Å². The lowest BCUT2D eigenvalue weighted by Gasteiger charge is -2.29. The molecule has 0 aromatic carbocycles. The molecule has 18 heavy (non-hydrogen) atoms. The maximum atomic E-state index is 11.7. The number of carbonyl (C=O) groups excluding carboxylic acids is 2. The van der Waals surface area contributed by atoms with Crippen LogP contribution in [0.15, 0.2) is 12.2 Å². The fraction of sp³-hybridized carbons (Fsp3) is 0.733. The molecule has 2 saturated carbocycles. The second-order valence-electron chi connectivity index (χ2n) is 5.93. The van der Waals surface area contributed by atoms with Crippen molar-refractivity contribution in [2.24, 2.45) is 17.8 Å². The first-order chi connectivity index (χ1) is 8.47. The van der Waals surface area contributed by atoms with Crippen molar-refractivity contribution >= 4 is 11.8 Å². The molecule has 100 valence electrons. The molecular weight excluding hydrogens is 228 g/mol. The highest BCUT2D eigenvalue weighted by molar-refractivity contribution is 5.87. The van der Waals surface area contributed by atoms with Gasteiger partial charge in [-0.25, -0.2) is 4.79 Å². The maximum absolute atomic E-state index is 11.7. The first kappa shape index (κ1) is 13.3. The van der Waals surface area contributed by atoms with Gasteiger partial charge in [0.2, 0.25) is 0 Å². The second-order valence-corrected chi connectivity index (χ2v) is 5.93. The molecule has 0 heterocycles. The van der Waals surface area contributed by atoms with Crippen molar-refractivity contribution in [1.29, 1.82) is 0 Å². The van der Waals surface area contributed by atoms with Gasteiger partial charge in [-0.3, -0.25) is 4.79 Å². The summed E-state index contributed by atoms with van der Waals surface area (Å²) in [4.78, 5) is 23.1. The van der Waals surface area contributed by atoms with E-state index in [0.29, 0.717) is 29.1 Å². The average Bonchev–Trinajstić information content (AvgIpc) is 2.59. The van der Waals surface area contributed by atoms with Gasteiger partial charge in [0.25, 0.3) is 0 Å². The topological polar surface area (TPSA) is 43.4 Å². The van der Waals surface area contributed by atoms with E-state index >= 15 is 0 Å². The molecule has 0 N–H and O–H groups in total. The highest BCUT2D eigenvalue weighted by atomic mass is 16.5. The van der Waals surface area contributed by atoms with Crippen molar-refractivity contribution in [2.75, 3.05) is 0 Å². The Hall–Kier alpha value is -1.12. The van der Waals surface area contributed by atoms with Crippen LogP contribution in [0.2, 0.25) is 0 Å². The van der Waals surface area contributed by atoms with E-state index in [-0.39, 0.29) is 12.1 Å². The van der Waals surface area contributed by atoms with Gasteiger partial charge >= 0.3 is 5.97 Å². The third-order valence-corrected chi connectivity index (χ3v) is 4.35. The Labute approximate surface area is 109 Å². The van der Waals surface area contributed by atoms with E-state index in [2.05, 4.69) is 6.58 Å². The largest absolute Gasteiger partial charge is 0.459 e. The van der Waals surface area contributed by atoms with E-state index in [1.165, 1.54) is 0 Å². The Morgan fingerprint density at radius 3 is 2.89 bits per heavy atom. The van der Waals surface area contributed by atoms with Crippen molar-refractivity contribution in [2.45, 2.75) is 52.1 Å². The molecule has 0 spiro atoms. The molecular formula is C15H22O3. The van der Waals surface area contributed by atoms with Crippen molar-refractivity contribution in [3.8, 4) is 0 Å². The first-order valence-corrected chi connectivity index (χ1v) is 6.86. The van der Waals surface area contributed by atoms with Gasteiger partial charge in [0.15, 0.2) is 0 Å². The number of hydrogen-bond donors (Lipinski definition) is 0. The van der Waals surface area contributed by atoms with E-state index in [1.54, 1.807) is 6.92 Å². The van der Waals surface area contributed by atoms with Gasteiger partial charge < -0.3 is 4.74 Å². The minimum Gasteiger partial charge on any atom is -0.459 e. The molecule has 4 atom stereocenters. The standard InChI is InChI=1S/C15H22O3/c1-9(2)15(17)18-10(3)6-11-4-5-12-7-13(11)8-14(12)16/h10-13H,1,4-8H2,2-3H3. The Morgan fingerprint density at radius 1 is 1.50 bits per heavy atom. The summed E-state index contributed by atoms with van der Waals surface area (Å²) in [6, 6.07) is 0. The Balaban J connectivity index is 1.84. The Kier molecular flexibility index (Phi) is 3.88. The number of Topliss-reactive ketones (excluding diaryl/α,β-unsaturated/α-hetero) is 1. The molecule has 2 fully saturated rings. The van der Waals surface area contributed by atoms with Crippen LogP contribution in [0, 0.1) is 17.8 Å². The Bertz CT molecular complexity index is 372. The van der Waals surface area contributed by atoms with Crippen molar-refractivity contribution < 1.29 is 14.3 Å². The molecule has 0 aromatic rings. The predicted octanol–water partition coefficient (Wildman–Crippen LogP) is 2.89. The number of hydrogen-bond acceptors (Lipinski definition) is 3. The van der Waals surface area contributed by atoms with Gasteiger partial charge in [-0.1, -0.05) is 6.58 Å². The lowest BCUT2D eigenvalue weighted by Crippen LogP contribution is -2.25. The number of fused-ring (bicyclic) bond motifs is 2. The van der Waals surface area contributed by atoms with Crippen LogP contribution in [-0.2, 0) is 14.3 Å².